The van der Waals surface area contributed by atoms with Crippen molar-refractivity contribution in [3.8, 4) is 5.00 Å². The first-order chi connectivity index (χ1) is 16.5. The van der Waals surface area contributed by atoms with Crippen LogP contribution in [0.1, 0.15) is 37.7 Å². The molecule has 0 radical (unpaired) electrons. The lowest BCUT2D eigenvalue weighted by Gasteiger charge is -2.26. The Morgan fingerprint density at radius 1 is 1.09 bits per heavy atom. The third-order valence-corrected chi connectivity index (χ3v) is 7.11. The molecule has 180 valence electrons. The monoisotopic (exact) mass is 495 g/mol. The summed E-state index contributed by atoms with van der Waals surface area (Å²) in [5.41, 5.74) is 3.18. The van der Waals surface area contributed by atoms with Crippen LogP contribution in [0.2, 0.25) is 0 Å². The summed E-state index contributed by atoms with van der Waals surface area (Å²) in [7, 11) is 1.32. The summed E-state index contributed by atoms with van der Waals surface area (Å²) in [4.78, 5) is 52.4. The van der Waals surface area contributed by atoms with Crippen molar-refractivity contribution in [1.82, 2.24) is 9.88 Å². The third-order valence-electron chi connectivity index (χ3n) is 5.92. The van der Waals surface area contributed by atoms with Crippen LogP contribution < -0.4 is 10.2 Å². The second kappa shape index (κ2) is 8.95. The number of halogens is 1. The van der Waals surface area contributed by atoms with Gasteiger partial charge in [-0.3, -0.25) is 14.9 Å². The van der Waals surface area contributed by atoms with E-state index in [-0.39, 0.29) is 11.3 Å². The van der Waals surface area contributed by atoms with Gasteiger partial charge in [0, 0.05) is 16.3 Å². The van der Waals surface area contributed by atoms with Gasteiger partial charge in [0.25, 0.3) is 11.8 Å². The molecule has 3 aromatic rings. The third kappa shape index (κ3) is 4.06. The predicted octanol–water partition coefficient (Wildman–Crippen LogP) is 4.36. The van der Waals surface area contributed by atoms with Gasteiger partial charge in [-0.25, -0.2) is 18.9 Å². The number of hydrogen-bond donors (Lipinski definition) is 1. The SMILES string of the molecule is COC(=O)c1c(-n2c(C)cc(/C=C3\C(=O)NC(=O)N(c4ccc(F)cc4)C3=O)c2C)sc(C)c1C. The average Bonchev–Trinajstić information content (AvgIpc) is 3.25. The number of barbiturate groups is 1. The van der Waals surface area contributed by atoms with Gasteiger partial charge in [-0.2, -0.15) is 0 Å². The number of amides is 4. The molecule has 4 rings (SSSR count). The van der Waals surface area contributed by atoms with Crippen LogP contribution in [0.3, 0.4) is 0 Å². The highest BCUT2D eigenvalue weighted by Gasteiger charge is 2.37. The zero-order valence-electron chi connectivity index (χ0n) is 19.7. The first kappa shape index (κ1) is 24.1. The number of carbonyl (C=O) groups excluding carboxylic acids is 4. The Balaban J connectivity index is 1.81. The number of benzene rings is 1. The maximum atomic E-state index is 13.3. The Kier molecular flexibility index (Phi) is 6.16. The highest BCUT2D eigenvalue weighted by molar-refractivity contribution is 7.15. The first-order valence-corrected chi connectivity index (χ1v) is 11.4. The Bertz CT molecular complexity index is 1430. The number of aryl methyl sites for hydroxylation is 2. The molecule has 0 saturated carbocycles. The minimum Gasteiger partial charge on any atom is -0.465 e. The molecule has 0 atom stereocenters. The Hall–Kier alpha value is -4.05. The van der Waals surface area contributed by atoms with Crippen molar-refractivity contribution >= 4 is 46.9 Å². The molecule has 0 bridgehead atoms. The summed E-state index contributed by atoms with van der Waals surface area (Å²) in [6.07, 6.45) is 1.41. The van der Waals surface area contributed by atoms with Crippen molar-refractivity contribution in [1.29, 1.82) is 0 Å². The molecule has 0 spiro atoms. The van der Waals surface area contributed by atoms with Crippen LogP contribution in [-0.4, -0.2) is 35.5 Å². The van der Waals surface area contributed by atoms with Crippen molar-refractivity contribution in [3.05, 3.63) is 74.7 Å². The maximum absolute atomic E-state index is 13.3. The van der Waals surface area contributed by atoms with E-state index in [4.69, 9.17) is 4.74 Å². The van der Waals surface area contributed by atoms with E-state index in [1.807, 2.05) is 25.3 Å². The molecule has 8 nitrogen and oxygen atoms in total. The second-order valence-electron chi connectivity index (χ2n) is 8.05. The van der Waals surface area contributed by atoms with Crippen molar-refractivity contribution in [3.63, 3.8) is 0 Å². The lowest BCUT2D eigenvalue weighted by molar-refractivity contribution is -0.122. The number of urea groups is 1. The van der Waals surface area contributed by atoms with Crippen molar-refractivity contribution < 1.29 is 28.3 Å². The molecule has 35 heavy (non-hydrogen) atoms. The number of esters is 1. The number of aromatic nitrogens is 1. The molecule has 1 aliphatic heterocycles. The summed E-state index contributed by atoms with van der Waals surface area (Å²) in [6, 6.07) is 5.67. The smallest absolute Gasteiger partial charge is 0.341 e. The molecule has 3 heterocycles. The fourth-order valence-corrected chi connectivity index (χ4v) is 5.25. The molecule has 1 fully saturated rings. The zero-order chi connectivity index (χ0) is 25.6. The number of hydrogen-bond acceptors (Lipinski definition) is 6. The highest BCUT2D eigenvalue weighted by Crippen LogP contribution is 2.35. The Labute approximate surface area is 204 Å². The van der Waals surface area contributed by atoms with Gasteiger partial charge in [-0.05, 0) is 75.2 Å². The molecule has 0 unspecified atom stereocenters. The quantitative estimate of drug-likeness (QED) is 0.329. The molecule has 1 aromatic carbocycles. The number of carbonyl (C=O) groups is 4. The van der Waals surface area contributed by atoms with Crippen LogP contribution in [0.4, 0.5) is 14.9 Å². The largest absolute Gasteiger partial charge is 0.465 e. The number of nitrogens with zero attached hydrogens (tertiary/aromatic N) is 2. The minimum absolute atomic E-state index is 0.130. The van der Waals surface area contributed by atoms with Gasteiger partial charge < -0.3 is 9.30 Å². The average molecular weight is 496 g/mol. The van der Waals surface area contributed by atoms with Crippen molar-refractivity contribution in [2.24, 2.45) is 0 Å². The van der Waals surface area contributed by atoms with Gasteiger partial charge in [-0.1, -0.05) is 0 Å². The van der Waals surface area contributed by atoms with E-state index >= 15 is 0 Å². The van der Waals surface area contributed by atoms with Gasteiger partial charge in [0.1, 0.15) is 16.4 Å². The number of anilines is 1. The number of rotatable bonds is 4. The highest BCUT2D eigenvalue weighted by atomic mass is 32.1. The van der Waals surface area contributed by atoms with E-state index in [0.29, 0.717) is 21.8 Å². The van der Waals surface area contributed by atoms with Crippen LogP contribution in [-0.2, 0) is 14.3 Å². The van der Waals surface area contributed by atoms with E-state index in [1.54, 1.807) is 13.0 Å². The number of imide groups is 2. The van der Waals surface area contributed by atoms with Gasteiger partial charge in [0.2, 0.25) is 0 Å². The van der Waals surface area contributed by atoms with E-state index < -0.39 is 29.6 Å². The second-order valence-corrected chi connectivity index (χ2v) is 9.25. The molecule has 0 aliphatic carbocycles. The fraction of sp³-hybridized carbons (Fsp3) is 0.200. The molecule has 1 saturated heterocycles. The fourth-order valence-electron chi connectivity index (χ4n) is 3.99. The van der Waals surface area contributed by atoms with Gasteiger partial charge in [0.15, 0.2) is 0 Å². The van der Waals surface area contributed by atoms with Gasteiger partial charge in [-0.15, -0.1) is 11.3 Å². The molecule has 1 N–H and O–H groups in total. The van der Waals surface area contributed by atoms with Crippen LogP contribution in [0, 0.1) is 33.5 Å². The number of thiophene rings is 1. The predicted molar refractivity (Wildman–Crippen MR) is 129 cm³/mol. The van der Waals surface area contributed by atoms with E-state index in [1.165, 1.54) is 36.7 Å². The minimum atomic E-state index is -0.915. The van der Waals surface area contributed by atoms with E-state index in [9.17, 15) is 23.6 Å². The Morgan fingerprint density at radius 3 is 2.37 bits per heavy atom. The summed E-state index contributed by atoms with van der Waals surface area (Å²) in [6.45, 7) is 7.42. The van der Waals surface area contributed by atoms with Crippen molar-refractivity contribution in [2.45, 2.75) is 27.7 Å². The molecule has 1 aliphatic rings. The molecule has 2 aromatic heterocycles. The van der Waals surface area contributed by atoms with Crippen LogP contribution in [0.25, 0.3) is 11.1 Å². The number of methoxy groups -OCH3 is 1. The topological polar surface area (TPSA) is 97.7 Å². The molecular weight excluding hydrogens is 473 g/mol. The maximum Gasteiger partial charge on any atom is 0.341 e. The van der Waals surface area contributed by atoms with Crippen LogP contribution in [0.5, 0.6) is 0 Å². The molecule has 4 amide bonds. The van der Waals surface area contributed by atoms with Crippen molar-refractivity contribution in [2.75, 3.05) is 12.0 Å². The van der Waals surface area contributed by atoms with E-state index in [2.05, 4.69) is 5.32 Å². The summed E-state index contributed by atoms with van der Waals surface area (Å²) in [5.74, 6) is -2.64. The van der Waals surface area contributed by atoms with Gasteiger partial charge >= 0.3 is 12.0 Å². The normalized spacial score (nSPS) is 15.1. The summed E-state index contributed by atoms with van der Waals surface area (Å²) >= 11 is 1.44. The van der Waals surface area contributed by atoms with E-state index in [0.717, 1.165) is 33.2 Å². The van der Waals surface area contributed by atoms with Crippen LogP contribution in [0.15, 0.2) is 35.9 Å². The summed E-state index contributed by atoms with van der Waals surface area (Å²) in [5, 5.41) is 2.83. The lowest BCUT2D eigenvalue weighted by atomic mass is 10.1. The standard InChI is InChI=1S/C25H22FN3O5S/c1-12-10-16(14(3)28(12)23-20(24(32)34-5)13(2)15(4)35-23)11-19-21(30)27-25(33)29(22(19)31)18-8-6-17(26)7-9-18/h6-11H,1-5H3,(H,27,30,33)/b19-11+. The van der Waals surface area contributed by atoms with Crippen LogP contribution >= 0.6 is 11.3 Å². The Morgan fingerprint density at radius 2 is 1.74 bits per heavy atom. The van der Waals surface area contributed by atoms with Gasteiger partial charge in [0.05, 0.1) is 18.4 Å². The number of nitrogens with one attached hydrogen (secondary N) is 1. The first-order valence-electron chi connectivity index (χ1n) is 10.6. The zero-order valence-corrected chi connectivity index (χ0v) is 20.5. The molecular formula is C25H22FN3O5S. The molecule has 10 heteroatoms. The summed E-state index contributed by atoms with van der Waals surface area (Å²) < 4.78 is 20.2. The number of ether oxygens (including phenoxy) is 1. The lowest BCUT2D eigenvalue weighted by Crippen LogP contribution is -2.54.